The maximum Gasteiger partial charge on any atom is 0.435 e. The van der Waals surface area contributed by atoms with Gasteiger partial charge in [-0.15, -0.1) is 10.2 Å². The molecule has 8 nitrogen and oxygen atoms in total. The standard InChI is InChI=1S/C19H14ClF3N6O2S/c1-3-32(30,31)13-7-10(11-5-4-6-15(20)25-11)9-24-16(13)18-26-12-8-14(19(21,22)23)27-28-17(12)29(18)2/h4-9H,3H2,1-2H3. The molecule has 4 heterocycles. The SMILES string of the molecule is CCS(=O)(=O)c1cc(-c2cccc(Cl)n2)cnc1-c1nc2cc(C(F)(F)F)nnc2n1C. The summed E-state index contributed by atoms with van der Waals surface area (Å²) in [5, 5.41) is 7.03. The molecule has 0 saturated heterocycles. The predicted octanol–water partition coefficient (Wildman–Crippen LogP) is 3.95. The molecule has 4 rings (SSSR count). The number of aromatic nitrogens is 6. The molecular weight excluding hydrogens is 469 g/mol. The summed E-state index contributed by atoms with van der Waals surface area (Å²) >= 11 is 5.93. The molecule has 0 amide bonds. The molecule has 0 N–H and O–H groups in total. The number of halogens is 4. The zero-order valence-electron chi connectivity index (χ0n) is 16.6. The van der Waals surface area contributed by atoms with Crippen molar-refractivity contribution in [2.75, 3.05) is 5.75 Å². The van der Waals surface area contributed by atoms with Crippen molar-refractivity contribution in [2.24, 2.45) is 7.05 Å². The number of sulfone groups is 1. The van der Waals surface area contributed by atoms with Crippen LogP contribution in [0.15, 0.2) is 41.4 Å². The highest BCUT2D eigenvalue weighted by molar-refractivity contribution is 7.91. The van der Waals surface area contributed by atoms with Crippen LogP contribution in [0.3, 0.4) is 0 Å². The Morgan fingerprint density at radius 1 is 1.12 bits per heavy atom. The number of nitrogens with zero attached hydrogens (tertiary/aromatic N) is 6. The Bertz CT molecular complexity index is 1450. The summed E-state index contributed by atoms with van der Waals surface area (Å²) in [5.41, 5.74) is -0.448. The number of hydrogen-bond acceptors (Lipinski definition) is 7. The second-order valence-electron chi connectivity index (χ2n) is 6.75. The fraction of sp³-hybridized carbons (Fsp3) is 0.211. The normalized spacial score (nSPS) is 12.4. The molecule has 0 bridgehead atoms. The summed E-state index contributed by atoms with van der Waals surface area (Å²) in [7, 11) is -2.31. The second-order valence-corrected chi connectivity index (χ2v) is 9.38. The van der Waals surface area contributed by atoms with E-state index in [1.54, 1.807) is 18.2 Å². The summed E-state index contributed by atoms with van der Waals surface area (Å²) in [6.07, 6.45) is -3.30. The quantitative estimate of drug-likeness (QED) is 0.405. The second kappa shape index (κ2) is 7.78. The summed E-state index contributed by atoms with van der Waals surface area (Å²) in [6.45, 7) is 1.47. The zero-order chi connectivity index (χ0) is 23.3. The minimum Gasteiger partial charge on any atom is -0.309 e. The summed E-state index contributed by atoms with van der Waals surface area (Å²) < 4.78 is 66.1. The van der Waals surface area contributed by atoms with Gasteiger partial charge in [-0.05, 0) is 18.2 Å². The topological polar surface area (TPSA) is 104 Å². The Labute approximate surface area is 185 Å². The Balaban J connectivity index is 1.95. The highest BCUT2D eigenvalue weighted by atomic mass is 35.5. The van der Waals surface area contributed by atoms with Crippen molar-refractivity contribution in [2.45, 2.75) is 18.0 Å². The first kappa shape index (κ1) is 22.1. The van der Waals surface area contributed by atoms with Gasteiger partial charge in [0, 0.05) is 24.9 Å². The van der Waals surface area contributed by atoms with Crippen LogP contribution in [0.1, 0.15) is 12.6 Å². The number of fused-ring (bicyclic) bond motifs is 1. The van der Waals surface area contributed by atoms with E-state index in [4.69, 9.17) is 11.6 Å². The molecule has 32 heavy (non-hydrogen) atoms. The van der Waals surface area contributed by atoms with Crippen LogP contribution in [0, 0.1) is 0 Å². The van der Waals surface area contributed by atoms with E-state index in [0.717, 1.165) is 6.07 Å². The third-order valence-corrected chi connectivity index (χ3v) is 6.65. The molecule has 4 aromatic heterocycles. The Hall–Kier alpha value is -3.12. The third-order valence-electron chi connectivity index (χ3n) is 4.70. The van der Waals surface area contributed by atoms with Gasteiger partial charge in [0.1, 0.15) is 16.4 Å². The number of hydrogen-bond donors (Lipinski definition) is 0. The molecule has 0 saturated carbocycles. The van der Waals surface area contributed by atoms with Crippen LogP contribution in [-0.2, 0) is 23.1 Å². The lowest BCUT2D eigenvalue weighted by Gasteiger charge is -2.11. The van der Waals surface area contributed by atoms with E-state index in [1.165, 1.54) is 30.8 Å². The monoisotopic (exact) mass is 482 g/mol. The van der Waals surface area contributed by atoms with Crippen LogP contribution in [0.4, 0.5) is 13.2 Å². The van der Waals surface area contributed by atoms with Gasteiger partial charge in [0.25, 0.3) is 0 Å². The molecule has 13 heteroatoms. The summed E-state index contributed by atoms with van der Waals surface area (Å²) in [6, 6.07) is 7.03. The largest absolute Gasteiger partial charge is 0.435 e. The van der Waals surface area contributed by atoms with Crippen molar-refractivity contribution in [1.29, 1.82) is 0 Å². The lowest BCUT2D eigenvalue weighted by molar-refractivity contribution is -0.141. The van der Waals surface area contributed by atoms with E-state index >= 15 is 0 Å². The van der Waals surface area contributed by atoms with Gasteiger partial charge in [-0.3, -0.25) is 4.98 Å². The van der Waals surface area contributed by atoms with Gasteiger partial charge in [-0.2, -0.15) is 13.2 Å². The molecule has 0 atom stereocenters. The summed E-state index contributed by atoms with van der Waals surface area (Å²) in [4.78, 5) is 12.5. The zero-order valence-corrected chi connectivity index (χ0v) is 18.2. The molecule has 4 aromatic rings. The van der Waals surface area contributed by atoms with Gasteiger partial charge >= 0.3 is 6.18 Å². The first-order chi connectivity index (χ1) is 15.0. The van der Waals surface area contributed by atoms with Crippen LogP contribution in [0.2, 0.25) is 5.15 Å². The van der Waals surface area contributed by atoms with E-state index in [1.807, 2.05) is 0 Å². The van der Waals surface area contributed by atoms with Crippen molar-refractivity contribution in [3.63, 3.8) is 0 Å². The third kappa shape index (κ3) is 3.91. The van der Waals surface area contributed by atoms with E-state index in [-0.39, 0.29) is 38.5 Å². The Morgan fingerprint density at radius 3 is 2.53 bits per heavy atom. The van der Waals surface area contributed by atoms with Crippen molar-refractivity contribution >= 4 is 32.6 Å². The van der Waals surface area contributed by atoms with E-state index in [9.17, 15) is 21.6 Å². The minimum atomic E-state index is -4.69. The maximum atomic E-state index is 13.0. The van der Waals surface area contributed by atoms with Gasteiger partial charge in [0.05, 0.1) is 16.3 Å². The first-order valence-corrected chi connectivity index (χ1v) is 11.2. The van der Waals surface area contributed by atoms with Crippen LogP contribution in [-0.4, -0.2) is 43.9 Å². The molecule has 0 aliphatic rings. The van der Waals surface area contributed by atoms with Crippen LogP contribution >= 0.6 is 11.6 Å². The van der Waals surface area contributed by atoms with Crippen LogP contribution in [0.25, 0.3) is 33.9 Å². The predicted molar refractivity (Wildman–Crippen MR) is 111 cm³/mol. The number of aryl methyl sites for hydroxylation is 1. The molecule has 0 aliphatic heterocycles. The fourth-order valence-corrected chi connectivity index (χ4v) is 4.27. The van der Waals surface area contributed by atoms with Crippen LogP contribution < -0.4 is 0 Å². The minimum absolute atomic E-state index is 0.0216. The molecule has 166 valence electrons. The van der Waals surface area contributed by atoms with Crippen LogP contribution in [0.5, 0.6) is 0 Å². The molecule has 0 fully saturated rings. The van der Waals surface area contributed by atoms with Crippen molar-refractivity contribution in [3.8, 4) is 22.8 Å². The molecule has 0 spiro atoms. The molecule has 0 unspecified atom stereocenters. The van der Waals surface area contributed by atoms with E-state index < -0.39 is 21.7 Å². The number of rotatable bonds is 4. The molecule has 0 radical (unpaired) electrons. The van der Waals surface area contributed by atoms with Gasteiger partial charge in [0.15, 0.2) is 27.0 Å². The molecular formula is C19H14ClF3N6O2S. The molecule has 0 aromatic carbocycles. The fourth-order valence-electron chi connectivity index (χ4n) is 3.05. The number of imidazole rings is 1. The number of pyridine rings is 2. The Morgan fingerprint density at radius 2 is 1.88 bits per heavy atom. The first-order valence-electron chi connectivity index (χ1n) is 9.14. The van der Waals surface area contributed by atoms with Gasteiger partial charge < -0.3 is 4.57 Å². The highest BCUT2D eigenvalue weighted by Crippen LogP contribution is 2.33. The lowest BCUT2D eigenvalue weighted by Crippen LogP contribution is -2.10. The smallest absolute Gasteiger partial charge is 0.309 e. The number of alkyl halides is 3. The average Bonchev–Trinajstić information content (AvgIpc) is 3.08. The lowest BCUT2D eigenvalue weighted by atomic mass is 10.1. The van der Waals surface area contributed by atoms with Gasteiger partial charge in [-0.25, -0.2) is 18.4 Å². The summed E-state index contributed by atoms with van der Waals surface area (Å²) in [5.74, 6) is -0.193. The molecule has 0 aliphatic carbocycles. The van der Waals surface area contributed by atoms with Crippen molar-refractivity contribution in [3.05, 3.63) is 47.4 Å². The maximum absolute atomic E-state index is 13.0. The van der Waals surface area contributed by atoms with Crippen molar-refractivity contribution in [1.82, 2.24) is 29.7 Å². The highest BCUT2D eigenvalue weighted by Gasteiger charge is 2.34. The van der Waals surface area contributed by atoms with E-state index in [0.29, 0.717) is 11.3 Å². The average molecular weight is 483 g/mol. The van der Waals surface area contributed by atoms with Gasteiger partial charge in [-0.1, -0.05) is 24.6 Å². The Kier molecular flexibility index (Phi) is 5.37. The van der Waals surface area contributed by atoms with Crippen molar-refractivity contribution < 1.29 is 21.6 Å². The van der Waals surface area contributed by atoms with Gasteiger partial charge in [0.2, 0.25) is 0 Å². The van der Waals surface area contributed by atoms with E-state index in [2.05, 4.69) is 25.1 Å².